The van der Waals surface area contributed by atoms with E-state index in [0.29, 0.717) is 5.56 Å². The van der Waals surface area contributed by atoms with Gasteiger partial charge in [0.25, 0.3) is 0 Å². The highest BCUT2D eigenvalue weighted by molar-refractivity contribution is 6.87. The average molecular weight is 470 g/mol. The Labute approximate surface area is 192 Å². The zero-order chi connectivity index (χ0) is 23.1. The van der Waals surface area contributed by atoms with Gasteiger partial charge in [-0.2, -0.15) is 5.26 Å². The van der Waals surface area contributed by atoms with Gasteiger partial charge in [0, 0.05) is 0 Å². The lowest BCUT2D eigenvalue weighted by atomic mass is 10.0. The van der Waals surface area contributed by atoms with Gasteiger partial charge in [0.05, 0.1) is 11.6 Å². The number of nitrogens with zero attached hydrogens (tertiary/aromatic N) is 1. The monoisotopic (exact) mass is 469 g/mol. The van der Waals surface area contributed by atoms with Crippen molar-refractivity contribution in [1.82, 2.24) is 0 Å². The molecule has 0 aromatic heterocycles. The third-order valence-corrected chi connectivity index (χ3v) is 15.3. The van der Waals surface area contributed by atoms with Gasteiger partial charge in [0.1, 0.15) is 0 Å². The molecule has 0 radical (unpaired) electrons. The topological polar surface area (TPSA) is 42.2 Å². The molecular weight excluding hydrogens is 431 g/mol. The Morgan fingerprint density at radius 1 is 0.710 bits per heavy atom. The van der Waals surface area contributed by atoms with Crippen molar-refractivity contribution in [1.29, 1.82) is 5.26 Å². The van der Waals surface area contributed by atoms with E-state index in [-0.39, 0.29) is 0 Å². The molecule has 0 saturated heterocycles. The van der Waals surface area contributed by atoms with Crippen LogP contribution >= 0.6 is 0 Å². The Hall–Kier alpha value is -1.50. The molecular formula is C25H39NO2Si3. The van der Waals surface area contributed by atoms with Gasteiger partial charge in [-0.05, 0) is 93.5 Å². The Morgan fingerprint density at radius 2 is 1.26 bits per heavy atom. The maximum absolute atomic E-state index is 8.93. The Bertz CT molecular complexity index is 864. The van der Waals surface area contributed by atoms with Crippen LogP contribution in [0.5, 0.6) is 0 Å². The van der Waals surface area contributed by atoms with Gasteiger partial charge in [0.2, 0.25) is 0 Å². The van der Waals surface area contributed by atoms with E-state index in [2.05, 4.69) is 76.2 Å². The van der Waals surface area contributed by atoms with Crippen LogP contribution in [-0.2, 0) is 14.7 Å². The SMILES string of the molecule is C[Si](C)(C)O[Si](C)(C)O[Si](C)(C)CCCCCc1ccc(-c2ccc(C#N)cc2)cc1. The van der Waals surface area contributed by atoms with E-state index in [1.54, 1.807) is 0 Å². The predicted octanol–water partition coefficient (Wildman–Crippen LogP) is 7.71. The maximum atomic E-state index is 8.93. The van der Waals surface area contributed by atoms with Crippen LogP contribution in [0, 0.1) is 11.3 Å². The first-order valence-electron chi connectivity index (χ1n) is 11.4. The molecule has 31 heavy (non-hydrogen) atoms. The number of rotatable bonds is 11. The third kappa shape index (κ3) is 9.67. The minimum atomic E-state index is -2.03. The first-order valence-corrected chi connectivity index (χ1v) is 20.7. The Balaban J connectivity index is 1.75. The minimum absolute atomic E-state index is 0.700. The summed E-state index contributed by atoms with van der Waals surface area (Å²) in [5.74, 6) is 0. The summed E-state index contributed by atoms with van der Waals surface area (Å²) in [6.07, 6.45) is 4.82. The highest BCUT2D eigenvalue weighted by Crippen LogP contribution is 2.25. The van der Waals surface area contributed by atoms with Gasteiger partial charge in [-0.15, -0.1) is 0 Å². The fourth-order valence-corrected chi connectivity index (χ4v) is 17.4. The quantitative estimate of drug-likeness (QED) is 0.250. The molecule has 2 aromatic rings. The van der Waals surface area contributed by atoms with Crippen molar-refractivity contribution < 1.29 is 8.23 Å². The normalized spacial score (nSPS) is 12.6. The molecule has 0 atom stereocenters. The highest BCUT2D eigenvalue weighted by Gasteiger charge is 2.37. The van der Waals surface area contributed by atoms with Gasteiger partial charge in [0.15, 0.2) is 16.6 Å². The zero-order valence-corrected chi connectivity index (χ0v) is 23.4. The molecule has 0 bridgehead atoms. The van der Waals surface area contributed by atoms with Crippen LogP contribution in [0.3, 0.4) is 0 Å². The van der Waals surface area contributed by atoms with Crippen molar-refractivity contribution in [3.05, 3.63) is 59.7 Å². The second-order valence-electron chi connectivity index (χ2n) is 10.4. The van der Waals surface area contributed by atoms with Crippen molar-refractivity contribution in [2.45, 2.75) is 77.6 Å². The molecule has 0 amide bonds. The summed E-state index contributed by atoms with van der Waals surface area (Å²) in [5.41, 5.74) is 4.45. The van der Waals surface area contributed by atoms with Crippen LogP contribution in [0.4, 0.5) is 0 Å². The molecule has 3 nitrogen and oxygen atoms in total. The molecule has 0 heterocycles. The van der Waals surface area contributed by atoms with Gasteiger partial charge < -0.3 is 8.23 Å². The first kappa shape index (κ1) is 25.8. The van der Waals surface area contributed by atoms with Crippen molar-refractivity contribution in [2.75, 3.05) is 0 Å². The van der Waals surface area contributed by atoms with Crippen molar-refractivity contribution in [3.63, 3.8) is 0 Å². The third-order valence-electron chi connectivity index (χ3n) is 5.12. The molecule has 0 fully saturated rings. The summed E-state index contributed by atoms with van der Waals surface area (Å²) in [6, 6.07) is 20.0. The number of nitriles is 1. The standard InChI is InChI=1S/C25H39NO2Si3/c1-29(2,3)27-31(6,7)28-30(4,5)20-10-8-9-11-22-12-16-24(17-13-22)25-18-14-23(21-26)15-19-25/h12-19H,8-11,20H2,1-7H3. The summed E-state index contributed by atoms with van der Waals surface area (Å²) in [4.78, 5) is 0. The molecule has 0 saturated carbocycles. The van der Waals surface area contributed by atoms with Crippen molar-refractivity contribution >= 4 is 25.2 Å². The van der Waals surface area contributed by atoms with Crippen molar-refractivity contribution in [3.8, 4) is 17.2 Å². The van der Waals surface area contributed by atoms with Gasteiger partial charge in [-0.1, -0.05) is 49.2 Å². The molecule has 0 aliphatic heterocycles. The van der Waals surface area contributed by atoms with Crippen molar-refractivity contribution in [2.24, 2.45) is 0 Å². The van der Waals surface area contributed by atoms with Crippen LogP contribution < -0.4 is 0 Å². The Morgan fingerprint density at radius 3 is 1.77 bits per heavy atom. The highest BCUT2D eigenvalue weighted by atomic mass is 28.5. The summed E-state index contributed by atoms with van der Waals surface area (Å²) < 4.78 is 13.0. The van der Waals surface area contributed by atoms with Crippen LogP contribution in [0.15, 0.2) is 48.5 Å². The fraction of sp³-hybridized carbons (Fsp3) is 0.480. The number of hydrogen-bond acceptors (Lipinski definition) is 3. The molecule has 0 N–H and O–H groups in total. The fourth-order valence-electron chi connectivity index (χ4n) is 4.13. The molecule has 2 rings (SSSR count). The molecule has 6 heteroatoms. The largest absolute Gasteiger partial charge is 0.437 e. The molecule has 2 aromatic carbocycles. The lowest BCUT2D eigenvalue weighted by Crippen LogP contribution is -2.51. The van der Waals surface area contributed by atoms with Gasteiger partial charge in [-0.3, -0.25) is 0 Å². The van der Waals surface area contributed by atoms with Crippen LogP contribution in [0.2, 0.25) is 51.9 Å². The molecule has 0 aliphatic carbocycles. The first-order chi connectivity index (χ1) is 14.4. The van der Waals surface area contributed by atoms with E-state index in [1.807, 2.05) is 24.3 Å². The summed E-state index contributed by atoms with van der Waals surface area (Å²) >= 11 is 0. The minimum Gasteiger partial charge on any atom is -0.437 e. The van der Waals surface area contributed by atoms with E-state index >= 15 is 0 Å². The van der Waals surface area contributed by atoms with E-state index in [1.165, 1.54) is 36.4 Å². The van der Waals surface area contributed by atoms with Crippen LogP contribution in [0.1, 0.15) is 30.4 Å². The number of benzene rings is 2. The maximum Gasteiger partial charge on any atom is 0.311 e. The number of unbranched alkanes of at least 4 members (excludes halogenated alkanes) is 2. The van der Waals surface area contributed by atoms with Gasteiger partial charge >= 0.3 is 8.56 Å². The summed E-state index contributed by atoms with van der Waals surface area (Å²) in [7, 11) is -5.27. The smallest absolute Gasteiger partial charge is 0.311 e. The second-order valence-corrected chi connectivity index (χ2v) is 23.1. The zero-order valence-electron chi connectivity index (χ0n) is 20.4. The molecule has 0 aliphatic rings. The summed E-state index contributed by atoms with van der Waals surface area (Å²) in [5, 5.41) is 8.93. The molecule has 168 valence electrons. The predicted molar refractivity (Wildman–Crippen MR) is 139 cm³/mol. The lowest BCUT2D eigenvalue weighted by molar-refractivity contribution is 0.390. The number of aryl methyl sites for hydroxylation is 1. The van der Waals surface area contributed by atoms with E-state index < -0.39 is 25.2 Å². The van der Waals surface area contributed by atoms with E-state index in [9.17, 15) is 0 Å². The molecule has 0 unspecified atom stereocenters. The summed E-state index contributed by atoms with van der Waals surface area (Å²) in [6.45, 7) is 15.8. The number of hydrogen-bond donors (Lipinski definition) is 0. The van der Waals surface area contributed by atoms with E-state index in [0.717, 1.165) is 12.0 Å². The van der Waals surface area contributed by atoms with Gasteiger partial charge in [-0.25, -0.2) is 0 Å². The Kier molecular flexibility index (Phi) is 9.04. The second kappa shape index (κ2) is 10.9. The van der Waals surface area contributed by atoms with E-state index in [4.69, 9.17) is 13.5 Å². The lowest BCUT2D eigenvalue weighted by Gasteiger charge is -2.37. The molecule has 0 spiro atoms. The van der Waals surface area contributed by atoms with Crippen LogP contribution in [0.25, 0.3) is 11.1 Å². The van der Waals surface area contributed by atoms with Crippen LogP contribution in [-0.4, -0.2) is 25.2 Å². The average Bonchev–Trinajstić information content (AvgIpc) is 2.65.